The Labute approximate surface area is 181 Å². The molecule has 8 nitrogen and oxygen atoms in total. The molecule has 10 heteroatoms. The van der Waals surface area contributed by atoms with E-state index in [1.54, 1.807) is 13.0 Å². The third-order valence-corrected chi connectivity index (χ3v) is 4.96. The Hall–Kier alpha value is -4.08. The number of carbonyl (C=O) groups excluding carboxylic acids is 1. The zero-order valence-corrected chi connectivity index (χ0v) is 17.6. The van der Waals surface area contributed by atoms with Crippen molar-refractivity contribution in [1.82, 2.24) is 19.2 Å². The molecule has 32 heavy (non-hydrogen) atoms. The van der Waals surface area contributed by atoms with Crippen molar-refractivity contribution >= 4 is 28.9 Å². The highest BCUT2D eigenvalue weighted by molar-refractivity contribution is 5.90. The minimum atomic E-state index is -0.790. The van der Waals surface area contributed by atoms with Crippen LogP contribution in [0.4, 0.5) is 26.1 Å². The van der Waals surface area contributed by atoms with E-state index in [9.17, 15) is 18.4 Å². The van der Waals surface area contributed by atoms with Gasteiger partial charge < -0.3 is 10.6 Å². The highest BCUT2D eigenvalue weighted by atomic mass is 19.1. The van der Waals surface area contributed by atoms with Crippen LogP contribution >= 0.6 is 0 Å². The second-order valence-electron chi connectivity index (χ2n) is 7.45. The van der Waals surface area contributed by atoms with Crippen molar-refractivity contribution in [3.05, 3.63) is 81.4 Å². The second-order valence-corrected chi connectivity index (χ2v) is 7.45. The summed E-state index contributed by atoms with van der Waals surface area (Å²) in [5, 5.41) is 9.56. The number of halogens is 2. The van der Waals surface area contributed by atoms with Crippen LogP contribution in [0.25, 0.3) is 5.65 Å². The zero-order valence-electron chi connectivity index (χ0n) is 17.6. The van der Waals surface area contributed by atoms with Crippen LogP contribution in [-0.2, 0) is 11.3 Å². The third-order valence-electron chi connectivity index (χ3n) is 4.96. The summed E-state index contributed by atoms with van der Waals surface area (Å²) >= 11 is 0. The second kappa shape index (κ2) is 8.22. The number of anilines is 3. The summed E-state index contributed by atoms with van der Waals surface area (Å²) < 4.78 is 29.3. The third kappa shape index (κ3) is 4.20. The molecule has 0 aliphatic heterocycles. The fourth-order valence-electron chi connectivity index (χ4n) is 3.21. The Morgan fingerprint density at radius 2 is 1.81 bits per heavy atom. The molecule has 0 bridgehead atoms. The van der Waals surface area contributed by atoms with Crippen LogP contribution in [0.3, 0.4) is 0 Å². The van der Waals surface area contributed by atoms with Gasteiger partial charge in [0.2, 0.25) is 11.9 Å². The number of fused-ring (bicyclic) bond motifs is 1. The first kappa shape index (κ1) is 21.2. The molecular formula is C22H20F2N6O2. The Morgan fingerprint density at radius 1 is 1.03 bits per heavy atom. The Bertz CT molecular complexity index is 1410. The number of aromatic nitrogens is 4. The summed E-state index contributed by atoms with van der Waals surface area (Å²) in [7, 11) is 0. The largest absolute Gasteiger partial charge is 0.353 e. The molecule has 0 atom stereocenters. The monoisotopic (exact) mass is 438 g/mol. The summed E-state index contributed by atoms with van der Waals surface area (Å²) in [5.41, 5.74) is 2.93. The molecule has 0 saturated heterocycles. The first-order valence-corrected chi connectivity index (χ1v) is 9.77. The molecule has 0 fully saturated rings. The highest BCUT2D eigenvalue weighted by Crippen LogP contribution is 2.19. The molecule has 0 aliphatic rings. The van der Waals surface area contributed by atoms with Crippen molar-refractivity contribution < 1.29 is 13.6 Å². The molecule has 0 radical (unpaired) electrons. The fraction of sp³-hybridized carbons (Fsp3) is 0.182. The standard InChI is InChI=1S/C22H20F2N6O2/c1-12-4-6-16(8-13(12)2)26-21-25-14(3)9-19-28-29(22(32)30(19)21)11-20(31)27-18-10-15(23)5-7-17(18)24/h4-10H,11H2,1-3H3,(H,25,26)(H,27,31). The van der Waals surface area contributed by atoms with Crippen molar-refractivity contribution in [2.75, 3.05) is 10.6 Å². The minimum Gasteiger partial charge on any atom is -0.325 e. The maximum absolute atomic E-state index is 13.8. The van der Waals surface area contributed by atoms with Crippen LogP contribution < -0.4 is 16.3 Å². The molecule has 4 rings (SSSR count). The lowest BCUT2D eigenvalue weighted by Crippen LogP contribution is -2.29. The van der Waals surface area contributed by atoms with E-state index in [2.05, 4.69) is 20.7 Å². The first-order chi connectivity index (χ1) is 15.2. The van der Waals surface area contributed by atoms with Crippen molar-refractivity contribution in [1.29, 1.82) is 0 Å². The zero-order chi connectivity index (χ0) is 23.0. The van der Waals surface area contributed by atoms with Crippen molar-refractivity contribution in [2.45, 2.75) is 27.3 Å². The van der Waals surface area contributed by atoms with Crippen LogP contribution in [-0.4, -0.2) is 25.1 Å². The minimum absolute atomic E-state index is 0.246. The summed E-state index contributed by atoms with van der Waals surface area (Å²) in [5.74, 6) is -1.97. The molecule has 2 heterocycles. The van der Waals surface area contributed by atoms with Crippen LogP contribution in [0.15, 0.2) is 47.3 Å². The van der Waals surface area contributed by atoms with Gasteiger partial charge in [-0.1, -0.05) is 6.07 Å². The number of rotatable bonds is 5. The van der Waals surface area contributed by atoms with Gasteiger partial charge in [0.1, 0.15) is 18.2 Å². The van der Waals surface area contributed by atoms with E-state index in [0.29, 0.717) is 11.3 Å². The summed E-state index contributed by atoms with van der Waals surface area (Å²) in [6.07, 6.45) is 0. The Kier molecular flexibility index (Phi) is 5.43. The van der Waals surface area contributed by atoms with Crippen LogP contribution in [0.1, 0.15) is 16.8 Å². The molecule has 0 spiro atoms. The molecule has 4 aromatic rings. The molecular weight excluding hydrogens is 418 g/mol. The highest BCUT2D eigenvalue weighted by Gasteiger charge is 2.16. The molecule has 0 aliphatic carbocycles. The van der Waals surface area contributed by atoms with Crippen LogP contribution in [0, 0.1) is 32.4 Å². The summed E-state index contributed by atoms with van der Waals surface area (Å²) in [4.78, 5) is 29.7. The molecule has 2 aromatic heterocycles. The lowest BCUT2D eigenvalue weighted by molar-refractivity contribution is -0.117. The number of nitrogens with zero attached hydrogens (tertiary/aromatic N) is 4. The molecule has 2 N–H and O–H groups in total. The maximum Gasteiger partial charge on any atom is 0.353 e. The van der Waals surface area contributed by atoms with E-state index < -0.39 is 29.8 Å². The number of hydrogen-bond acceptors (Lipinski definition) is 5. The topological polar surface area (TPSA) is 93.3 Å². The Morgan fingerprint density at radius 3 is 2.56 bits per heavy atom. The van der Waals surface area contributed by atoms with E-state index in [-0.39, 0.29) is 11.6 Å². The predicted octanol–water partition coefficient (Wildman–Crippen LogP) is 3.48. The lowest BCUT2D eigenvalue weighted by atomic mass is 10.1. The quantitative estimate of drug-likeness (QED) is 0.498. The van der Waals surface area contributed by atoms with Gasteiger partial charge in [0.25, 0.3) is 0 Å². The van der Waals surface area contributed by atoms with Crippen molar-refractivity contribution in [3.63, 3.8) is 0 Å². The van der Waals surface area contributed by atoms with E-state index >= 15 is 0 Å². The van der Waals surface area contributed by atoms with Gasteiger partial charge in [-0.3, -0.25) is 4.79 Å². The average molecular weight is 438 g/mol. The van der Waals surface area contributed by atoms with Gasteiger partial charge in [-0.15, -0.1) is 5.10 Å². The van der Waals surface area contributed by atoms with Crippen LogP contribution in [0.2, 0.25) is 0 Å². The average Bonchev–Trinajstić information content (AvgIpc) is 3.02. The number of amides is 1. The SMILES string of the molecule is Cc1cc2nn(CC(=O)Nc3cc(F)ccc3F)c(=O)n2c(Nc2ccc(C)c(C)c2)n1. The number of aryl methyl sites for hydroxylation is 3. The Balaban J connectivity index is 1.65. The maximum atomic E-state index is 13.8. The summed E-state index contributed by atoms with van der Waals surface area (Å²) in [6.45, 7) is 5.24. The van der Waals surface area contributed by atoms with Crippen molar-refractivity contribution in [2.24, 2.45) is 0 Å². The molecule has 2 aromatic carbocycles. The normalized spacial score (nSPS) is 11.0. The number of carbonyl (C=O) groups is 1. The predicted molar refractivity (Wildman–Crippen MR) is 116 cm³/mol. The molecule has 0 saturated carbocycles. The van der Waals surface area contributed by atoms with Gasteiger partial charge in [0.15, 0.2) is 5.65 Å². The number of benzene rings is 2. The number of hydrogen-bond donors (Lipinski definition) is 2. The van der Waals surface area contributed by atoms with Gasteiger partial charge >= 0.3 is 5.69 Å². The van der Waals surface area contributed by atoms with Crippen molar-refractivity contribution in [3.8, 4) is 0 Å². The smallest absolute Gasteiger partial charge is 0.325 e. The van der Waals surface area contributed by atoms with Gasteiger partial charge in [0, 0.05) is 23.5 Å². The first-order valence-electron chi connectivity index (χ1n) is 9.77. The van der Waals surface area contributed by atoms with Gasteiger partial charge in [0.05, 0.1) is 5.69 Å². The van der Waals surface area contributed by atoms with Gasteiger partial charge in [-0.05, 0) is 56.2 Å². The lowest BCUT2D eigenvalue weighted by Gasteiger charge is -2.09. The van der Waals surface area contributed by atoms with Gasteiger partial charge in [-0.2, -0.15) is 0 Å². The van der Waals surface area contributed by atoms with E-state index in [0.717, 1.165) is 39.7 Å². The van der Waals surface area contributed by atoms with Crippen LogP contribution in [0.5, 0.6) is 0 Å². The fourth-order valence-corrected chi connectivity index (χ4v) is 3.21. The number of nitrogens with one attached hydrogen (secondary N) is 2. The van der Waals surface area contributed by atoms with Gasteiger partial charge in [-0.25, -0.2) is 27.6 Å². The van der Waals surface area contributed by atoms with E-state index in [1.807, 2.05) is 32.0 Å². The van der Waals surface area contributed by atoms with E-state index in [1.165, 1.54) is 4.40 Å². The molecule has 1 amide bonds. The molecule has 0 unspecified atom stereocenters. The summed E-state index contributed by atoms with van der Waals surface area (Å²) in [6, 6.07) is 10.1. The molecule has 164 valence electrons. The van der Waals surface area contributed by atoms with E-state index in [4.69, 9.17) is 0 Å².